The summed E-state index contributed by atoms with van der Waals surface area (Å²) in [6.45, 7) is 2.34. The Balaban J connectivity index is 2.00. The van der Waals surface area contributed by atoms with E-state index >= 15 is 0 Å². The van der Waals surface area contributed by atoms with Crippen molar-refractivity contribution in [1.82, 2.24) is 0 Å². The number of rotatable bonds is 4. The highest BCUT2D eigenvalue weighted by molar-refractivity contribution is 8.00. The predicted octanol–water partition coefficient (Wildman–Crippen LogP) is 5.44. The number of hydrogen-bond acceptors (Lipinski definition) is 1. The Morgan fingerprint density at radius 3 is 1.95 bits per heavy atom. The first-order valence-electron chi connectivity index (χ1n) is 6.93. The van der Waals surface area contributed by atoms with Crippen molar-refractivity contribution in [2.24, 2.45) is 5.92 Å². The summed E-state index contributed by atoms with van der Waals surface area (Å²) in [5, 5.41) is 0. The summed E-state index contributed by atoms with van der Waals surface area (Å²) < 4.78 is 0.0200. The Morgan fingerprint density at radius 1 is 0.800 bits per heavy atom. The standard InChI is InChI=1S/C19H18S/c1-19(17-12-8-9-13-17,16-10-4-2-5-11-16)20-18-14-6-3-7-15-18/h2-15,17H,1H3. The average Bonchev–Trinajstić information content (AvgIpc) is 3.04. The van der Waals surface area contributed by atoms with Gasteiger partial charge < -0.3 is 0 Å². The van der Waals surface area contributed by atoms with Crippen LogP contribution in [0.5, 0.6) is 0 Å². The lowest BCUT2D eigenvalue weighted by atomic mass is 9.87. The zero-order valence-electron chi connectivity index (χ0n) is 11.6. The third kappa shape index (κ3) is 2.59. The molecule has 1 aliphatic carbocycles. The van der Waals surface area contributed by atoms with Crippen LogP contribution in [0.3, 0.4) is 0 Å². The van der Waals surface area contributed by atoms with Gasteiger partial charge in [0, 0.05) is 10.8 Å². The molecule has 0 aromatic heterocycles. The van der Waals surface area contributed by atoms with Crippen molar-refractivity contribution in [3.63, 3.8) is 0 Å². The minimum atomic E-state index is 0.0200. The van der Waals surface area contributed by atoms with E-state index in [1.54, 1.807) is 0 Å². The van der Waals surface area contributed by atoms with Crippen LogP contribution in [-0.4, -0.2) is 0 Å². The minimum Gasteiger partial charge on any atom is -0.114 e. The highest BCUT2D eigenvalue weighted by Crippen LogP contribution is 2.48. The fourth-order valence-electron chi connectivity index (χ4n) is 2.62. The summed E-state index contributed by atoms with van der Waals surface area (Å²) in [5.41, 5.74) is 1.37. The molecule has 0 heterocycles. The number of benzene rings is 2. The van der Waals surface area contributed by atoms with Gasteiger partial charge in [-0.3, -0.25) is 0 Å². The van der Waals surface area contributed by atoms with Crippen LogP contribution in [-0.2, 0) is 4.75 Å². The molecule has 2 aromatic rings. The molecule has 1 aliphatic rings. The molecule has 0 bridgehead atoms. The van der Waals surface area contributed by atoms with Crippen LogP contribution in [0.2, 0.25) is 0 Å². The molecule has 0 N–H and O–H groups in total. The second kappa shape index (κ2) is 5.72. The van der Waals surface area contributed by atoms with Gasteiger partial charge in [0.05, 0.1) is 4.75 Å². The van der Waals surface area contributed by atoms with E-state index in [1.165, 1.54) is 10.5 Å². The van der Waals surface area contributed by atoms with E-state index in [-0.39, 0.29) is 4.75 Å². The molecule has 0 spiro atoms. The van der Waals surface area contributed by atoms with Crippen LogP contribution < -0.4 is 0 Å². The van der Waals surface area contributed by atoms with Crippen LogP contribution in [0.25, 0.3) is 0 Å². The molecule has 0 saturated carbocycles. The maximum Gasteiger partial charge on any atom is 0.0524 e. The lowest BCUT2D eigenvalue weighted by molar-refractivity contribution is 0.591. The fourth-order valence-corrected chi connectivity index (χ4v) is 3.95. The quantitative estimate of drug-likeness (QED) is 0.671. The van der Waals surface area contributed by atoms with E-state index in [9.17, 15) is 0 Å². The number of allylic oxidation sites excluding steroid dienone is 4. The maximum absolute atomic E-state index is 2.34. The van der Waals surface area contributed by atoms with Crippen LogP contribution in [0.15, 0.2) is 89.9 Å². The van der Waals surface area contributed by atoms with Crippen LogP contribution in [0, 0.1) is 5.92 Å². The minimum absolute atomic E-state index is 0.0200. The van der Waals surface area contributed by atoms with Crippen molar-refractivity contribution < 1.29 is 0 Å². The summed E-state index contributed by atoms with van der Waals surface area (Å²) in [5.74, 6) is 0.426. The summed E-state index contributed by atoms with van der Waals surface area (Å²) in [6.07, 6.45) is 8.89. The van der Waals surface area contributed by atoms with E-state index in [0.717, 1.165) is 0 Å². The first-order valence-corrected chi connectivity index (χ1v) is 7.75. The highest BCUT2D eigenvalue weighted by Gasteiger charge is 2.35. The molecule has 0 amide bonds. The van der Waals surface area contributed by atoms with Crippen LogP contribution in [0.1, 0.15) is 12.5 Å². The lowest BCUT2D eigenvalue weighted by Crippen LogP contribution is -2.25. The molecular weight excluding hydrogens is 260 g/mol. The predicted molar refractivity (Wildman–Crippen MR) is 87.9 cm³/mol. The SMILES string of the molecule is CC(Sc1ccccc1)(c1ccccc1)C1C=CC=C1. The van der Waals surface area contributed by atoms with E-state index in [2.05, 4.69) is 91.9 Å². The van der Waals surface area contributed by atoms with Crippen LogP contribution >= 0.6 is 11.8 Å². The second-order valence-corrected chi connectivity index (χ2v) is 6.71. The molecule has 1 atom stereocenters. The molecule has 2 aromatic carbocycles. The Labute approximate surface area is 125 Å². The van der Waals surface area contributed by atoms with Gasteiger partial charge in [0.2, 0.25) is 0 Å². The van der Waals surface area contributed by atoms with Gasteiger partial charge in [-0.05, 0) is 24.6 Å². The van der Waals surface area contributed by atoms with Crippen molar-refractivity contribution >= 4 is 11.8 Å². The molecular formula is C19H18S. The Morgan fingerprint density at radius 2 is 1.35 bits per heavy atom. The monoisotopic (exact) mass is 278 g/mol. The third-order valence-corrected chi connectivity index (χ3v) is 5.24. The Hall–Kier alpha value is -1.73. The Bertz CT molecular complexity index is 601. The van der Waals surface area contributed by atoms with Crippen molar-refractivity contribution in [3.05, 3.63) is 90.5 Å². The molecule has 1 unspecified atom stereocenters. The first-order chi connectivity index (χ1) is 9.79. The normalized spacial score (nSPS) is 17.2. The van der Waals surface area contributed by atoms with Crippen molar-refractivity contribution in [1.29, 1.82) is 0 Å². The molecule has 0 saturated heterocycles. The van der Waals surface area contributed by atoms with Gasteiger partial charge in [-0.15, -0.1) is 11.8 Å². The van der Waals surface area contributed by atoms with E-state index in [0.29, 0.717) is 5.92 Å². The summed E-state index contributed by atoms with van der Waals surface area (Å²) in [6, 6.07) is 21.5. The highest BCUT2D eigenvalue weighted by atomic mass is 32.2. The van der Waals surface area contributed by atoms with Gasteiger partial charge in [0.1, 0.15) is 0 Å². The molecule has 0 nitrogen and oxygen atoms in total. The maximum atomic E-state index is 2.34. The van der Waals surface area contributed by atoms with Gasteiger partial charge >= 0.3 is 0 Å². The van der Waals surface area contributed by atoms with Crippen molar-refractivity contribution in [3.8, 4) is 0 Å². The second-order valence-electron chi connectivity index (χ2n) is 5.18. The molecule has 20 heavy (non-hydrogen) atoms. The molecule has 0 radical (unpaired) electrons. The van der Waals surface area contributed by atoms with Gasteiger partial charge in [-0.1, -0.05) is 72.8 Å². The van der Waals surface area contributed by atoms with E-state index in [1.807, 2.05) is 11.8 Å². The van der Waals surface area contributed by atoms with Crippen molar-refractivity contribution in [2.75, 3.05) is 0 Å². The lowest BCUT2D eigenvalue weighted by Gasteiger charge is -2.34. The smallest absolute Gasteiger partial charge is 0.0524 e. The number of hydrogen-bond donors (Lipinski definition) is 0. The Kier molecular flexibility index (Phi) is 3.79. The first kappa shape index (κ1) is 13.3. The van der Waals surface area contributed by atoms with Gasteiger partial charge in [-0.2, -0.15) is 0 Å². The van der Waals surface area contributed by atoms with Gasteiger partial charge in [0.25, 0.3) is 0 Å². The largest absolute Gasteiger partial charge is 0.114 e. The molecule has 100 valence electrons. The summed E-state index contributed by atoms with van der Waals surface area (Å²) >= 11 is 1.94. The summed E-state index contributed by atoms with van der Waals surface area (Å²) in [4.78, 5) is 1.31. The zero-order chi connectivity index (χ0) is 13.8. The zero-order valence-corrected chi connectivity index (χ0v) is 12.4. The van der Waals surface area contributed by atoms with Gasteiger partial charge in [-0.25, -0.2) is 0 Å². The summed E-state index contributed by atoms with van der Waals surface area (Å²) in [7, 11) is 0. The topological polar surface area (TPSA) is 0 Å². The van der Waals surface area contributed by atoms with E-state index < -0.39 is 0 Å². The molecule has 1 heteroatoms. The molecule has 0 fully saturated rings. The fraction of sp³-hybridized carbons (Fsp3) is 0.158. The third-order valence-electron chi connectivity index (χ3n) is 3.80. The molecule has 0 aliphatic heterocycles. The van der Waals surface area contributed by atoms with Gasteiger partial charge in [0.15, 0.2) is 0 Å². The average molecular weight is 278 g/mol. The van der Waals surface area contributed by atoms with Crippen LogP contribution in [0.4, 0.5) is 0 Å². The van der Waals surface area contributed by atoms with E-state index in [4.69, 9.17) is 0 Å². The number of thioether (sulfide) groups is 1. The van der Waals surface area contributed by atoms with Crippen molar-refractivity contribution in [2.45, 2.75) is 16.6 Å². The molecule has 3 rings (SSSR count).